The summed E-state index contributed by atoms with van der Waals surface area (Å²) in [6.07, 6.45) is 4.55. The fourth-order valence-electron chi connectivity index (χ4n) is 3.07. The number of nitrogens with zero attached hydrogens (tertiary/aromatic N) is 2. The predicted octanol–water partition coefficient (Wildman–Crippen LogP) is 2.65. The lowest BCUT2D eigenvalue weighted by Gasteiger charge is -2.39. The first-order chi connectivity index (χ1) is 9.19. The lowest BCUT2D eigenvalue weighted by Crippen LogP contribution is -2.43. The van der Waals surface area contributed by atoms with E-state index in [1.165, 1.54) is 18.9 Å². The summed E-state index contributed by atoms with van der Waals surface area (Å²) < 4.78 is 13.7. The van der Waals surface area contributed by atoms with Crippen LogP contribution in [0.4, 0.5) is 10.1 Å². The number of rotatable bonds is 3. The second-order valence-electron chi connectivity index (χ2n) is 5.20. The van der Waals surface area contributed by atoms with Gasteiger partial charge < -0.3 is 10.6 Å². The van der Waals surface area contributed by atoms with Gasteiger partial charge in [0.1, 0.15) is 17.4 Å². The van der Waals surface area contributed by atoms with Gasteiger partial charge in [0.25, 0.3) is 0 Å². The van der Waals surface area contributed by atoms with Gasteiger partial charge in [-0.15, -0.1) is 0 Å². The molecule has 0 radical (unpaired) electrons. The molecular formula is C15H20FN3. The molecule has 0 spiro atoms. The molecule has 1 aromatic rings. The van der Waals surface area contributed by atoms with Crippen molar-refractivity contribution in [2.45, 2.75) is 31.7 Å². The van der Waals surface area contributed by atoms with Crippen LogP contribution >= 0.6 is 0 Å². The molecule has 2 N–H and O–H groups in total. The van der Waals surface area contributed by atoms with Crippen molar-refractivity contribution in [3.8, 4) is 6.07 Å². The first-order valence-corrected chi connectivity index (χ1v) is 6.80. The van der Waals surface area contributed by atoms with E-state index in [1.54, 1.807) is 6.07 Å². The molecule has 2 atom stereocenters. The summed E-state index contributed by atoms with van der Waals surface area (Å²) >= 11 is 0. The number of nitriles is 1. The number of hydrogen-bond donors (Lipinski definition) is 1. The van der Waals surface area contributed by atoms with Crippen LogP contribution in [0.25, 0.3) is 0 Å². The van der Waals surface area contributed by atoms with Gasteiger partial charge in [-0.3, -0.25) is 0 Å². The van der Waals surface area contributed by atoms with Crippen molar-refractivity contribution in [3.05, 3.63) is 29.6 Å². The third-order valence-electron chi connectivity index (χ3n) is 4.15. The van der Waals surface area contributed by atoms with Gasteiger partial charge in [-0.1, -0.05) is 18.9 Å². The van der Waals surface area contributed by atoms with Crippen LogP contribution in [0.3, 0.4) is 0 Å². The van der Waals surface area contributed by atoms with Crippen LogP contribution in [-0.4, -0.2) is 19.6 Å². The molecule has 1 aromatic carbocycles. The monoisotopic (exact) mass is 261 g/mol. The molecule has 19 heavy (non-hydrogen) atoms. The van der Waals surface area contributed by atoms with E-state index in [1.807, 2.05) is 24.1 Å². The standard InChI is InChI=1S/C15H20FN3/c1-19(14-7-3-2-5-11(14)9-17)15-8-4-6-13(16)12(15)10-18/h4,6,8,11,14H,2-3,5,7,9,17H2,1H3. The van der Waals surface area contributed by atoms with Crippen LogP contribution in [0.5, 0.6) is 0 Å². The van der Waals surface area contributed by atoms with Crippen molar-refractivity contribution in [3.63, 3.8) is 0 Å². The van der Waals surface area contributed by atoms with Gasteiger partial charge in [0, 0.05) is 13.1 Å². The molecule has 0 aliphatic heterocycles. The van der Waals surface area contributed by atoms with E-state index in [0.29, 0.717) is 24.2 Å². The molecule has 102 valence electrons. The molecule has 0 amide bonds. The quantitative estimate of drug-likeness (QED) is 0.910. The Kier molecular flexibility index (Phi) is 4.39. The topological polar surface area (TPSA) is 53.0 Å². The Morgan fingerprint density at radius 2 is 2.16 bits per heavy atom. The molecule has 4 heteroatoms. The molecule has 3 nitrogen and oxygen atoms in total. The largest absolute Gasteiger partial charge is 0.370 e. The highest BCUT2D eigenvalue weighted by molar-refractivity contribution is 5.60. The summed E-state index contributed by atoms with van der Waals surface area (Å²) in [6.45, 7) is 0.645. The third kappa shape index (κ3) is 2.71. The van der Waals surface area contributed by atoms with Gasteiger partial charge in [-0.25, -0.2) is 4.39 Å². The van der Waals surface area contributed by atoms with Gasteiger partial charge in [0.2, 0.25) is 0 Å². The summed E-state index contributed by atoms with van der Waals surface area (Å²) in [5.74, 6) is -0.0273. The maximum Gasteiger partial charge on any atom is 0.143 e. The Morgan fingerprint density at radius 3 is 2.84 bits per heavy atom. The Bertz CT molecular complexity index is 481. The van der Waals surface area contributed by atoms with Gasteiger partial charge in [-0.2, -0.15) is 5.26 Å². The Hall–Kier alpha value is -1.60. The van der Waals surface area contributed by atoms with Crippen molar-refractivity contribution >= 4 is 5.69 Å². The van der Waals surface area contributed by atoms with Crippen molar-refractivity contribution in [2.75, 3.05) is 18.5 Å². The minimum atomic E-state index is -0.452. The van der Waals surface area contributed by atoms with Crippen LogP contribution < -0.4 is 10.6 Å². The maximum absolute atomic E-state index is 13.7. The zero-order valence-corrected chi connectivity index (χ0v) is 11.3. The van der Waals surface area contributed by atoms with Crippen LogP contribution in [0, 0.1) is 23.1 Å². The highest BCUT2D eigenvalue weighted by Gasteiger charge is 2.28. The Labute approximate surface area is 113 Å². The number of nitrogens with two attached hydrogens (primary N) is 1. The van der Waals surface area contributed by atoms with Gasteiger partial charge in [0.15, 0.2) is 0 Å². The number of benzene rings is 1. The van der Waals surface area contributed by atoms with Crippen molar-refractivity contribution in [1.29, 1.82) is 5.26 Å². The van der Waals surface area contributed by atoms with Crippen molar-refractivity contribution < 1.29 is 4.39 Å². The average Bonchev–Trinajstić information content (AvgIpc) is 2.46. The summed E-state index contributed by atoms with van der Waals surface area (Å²) in [5, 5.41) is 9.13. The molecule has 0 heterocycles. The number of anilines is 1. The highest BCUT2D eigenvalue weighted by atomic mass is 19.1. The Balaban J connectivity index is 2.31. The third-order valence-corrected chi connectivity index (χ3v) is 4.15. The second kappa shape index (κ2) is 6.03. The first-order valence-electron chi connectivity index (χ1n) is 6.80. The molecule has 1 saturated carbocycles. The van der Waals surface area contributed by atoms with Gasteiger partial charge in [0.05, 0.1) is 5.69 Å². The van der Waals surface area contributed by atoms with Gasteiger partial charge >= 0.3 is 0 Å². The zero-order chi connectivity index (χ0) is 13.8. The van der Waals surface area contributed by atoms with E-state index in [0.717, 1.165) is 12.8 Å². The van der Waals surface area contributed by atoms with Crippen molar-refractivity contribution in [2.24, 2.45) is 11.7 Å². The average molecular weight is 261 g/mol. The first kappa shape index (κ1) is 13.8. The molecule has 1 aliphatic carbocycles. The lowest BCUT2D eigenvalue weighted by molar-refractivity contribution is 0.306. The molecule has 0 saturated heterocycles. The van der Waals surface area contributed by atoms with Gasteiger partial charge in [-0.05, 0) is 37.4 Å². The van der Waals surface area contributed by atoms with Crippen LogP contribution in [0.2, 0.25) is 0 Å². The molecule has 0 aromatic heterocycles. The van der Waals surface area contributed by atoms with E-state index in [9.17, 15) is 4.39 Å². The lowest BCUT2D eigenvalue weighted by atomic mass is 9.83. The van der Waals surface area contributed by atoms with E-state index >= 15 is 0 Å². The summed E-state index contributed by atoms with van der Waals surface area (Å²) in [6, 6.07) is 7.06. The smallest absolute Gasteiger partial charge is 0.143 e. The summed E-state index contributed by atoms with van der Waals surface area (Å²) in [7, 11) is 1.94. The minimum Gasteiger partial charge on any atom is -0.370 e. The van der Waals surface area contributed by atoms with E-state index in [2.05, 4.69) is 0 Å². The van der Waals surface area contributed by atoms with Crippen LogP contribution in [-0.2, 0) is 0 Å². The van der Waals surface area contributed by atoms with E-state index in [-0.39, 0.29) is 5.56 Å². The molecule has 2 unspecified atom stereocenters. The minimum absolute atomic E-state index is 0.131. The molecule has 1 fully saturated rings. The molecule has 1 aliphatic rings. The van der Waals surface area contributed by atoms with Crippen LogP contribution in [0.15, 0.2) is 18.2 Å². The summed E-state index contributed by atoms with van der Waals surface area (Å²) in [5.41, 5.74) is 6.65. The predicted molar refractivity (Wildman–Crippen MR) is 74.3 cm³/mol. The highest BCUT2D eigenvalue weighted by Crippen LogP contribution is 2.32. The Morgan fingerprint density at radius 1 is 1.42 bits per heavy atom. The molecule has 0 bridgehead atoms. The van der Waals surface area contributed by atoms with E-state index in [4.69, 9.17) is 11.0 Å². The summed E-state index contributed by atoms with van der Waals surface area (Å²) in [4.78, 5) is 2.04. The zero-order valence-electron chi connectivity index (χ0n) is 11.3. The van der Waals surface area contributed by atoms with E-state index < -0.39 is 5.82 Å². The number of hydrogen-bond acceptors (Lipinski definition) is 3. The SMILES string of the molecule is CN(c1cccc(F)c1C#N)C1CCCCC1CN. The number of halogens is 1. The fourth-order valence-corrected chi connectivity index (χ4v) is 3.07. The molecule has 2 rings (SSSR count). The molecular weight excluding hydrogens is 241 g/mol. The van der Waals surface area contributed by atoms with Crippen LogP contribution in [0.1, 0.15) is 31.2 Å². The van der Waals surface area contributed by atoms with Crippen molar-refractivity contribution in [1.82, 2.24) is 0 Å². The second-order valence-corrected chi connectivity index (χ2v) is 5.20. The maximum atomic E-state index is 13.7. The fraction of sp³-hybridized carbons (Fsp3) is 0.533. The normalized spacial score (nSPS) is 22.8.